The summed E-state index contributed by atoms with van der Waals surface area (Å²) in [5.74, 6) is -1.88. The Morgan fingerprint density at radius 2 is 1.96 bits per heavy atom. The molecule has 2 N–H and O–H groups in total. The standard InChI is InChI=1S/C17H19N3O4/c1-4-24-17(22)13(9-18)15(14-10(2)19-20-16(14)21)11-5-7-12(23-3)8-6-11/h5-8,13,15H,4H2,1-3H3,(H2,19,20,21)/t13-,15-/m0/s1. The van der Waals surface area contributed by atoms with Gasteiger partial charge in [0.1, 0.15) is 5.75 Å². The van der Waals surface area contributed by atoms with E-state index in [1.807, 2.05) is 6.07 Å². The van der Waals surface area contributed by atoms with E-state index >= 15 is 0 Å². The van der Waals surface area contributed by atoms with Crippen LogP contribution in [0.5, 0.6) is 5.75 Å². The second-order valence-electron chi connectivity index (χ2n) is 5.23. The maximum absolute atomic E-state index is 12.2. The predicted octanol–water partition coefficient (Wildman–Crippen LogP) is 1.85. The fourth-order valence-electron chi connectivity index (χ4n) is 2.66. The third kappa shape index (κ3) is 3.33. The van der Waals surface area contributed by atoms with Gasteiger partial charge in [0.05, 0.1) is 19.8 Å². The lowest BCUT2D eigenvalue weighted by Gasteiger charge is -2.20. The number of rotatable bonds is 6. The molecule has 0 unspecified atom stereocenters. The van der Waals surface area contributed by atoms with Crippen LogP contribution in [0, 0.1) is 24.2 Å². The predicted molar refractivity (Wildman–Crippen MR) is 86.7 cm³/mol. The Morgan fingerprint density at radius 1 is 1.29 bits per heavy atom. The highest BCUT2D eigenvalue weighted by Gasteiger charge is 2.35. The van der Waals surface area contributed by atoms with Crippen LogP contribution in [-0.2, 0) is 9.53 Å². The molecular weight excluding hydrogens is 310 g/mol. The fourth-order valence-corrected chi connectivity index (χ4v) is 2.66. The topological polar surface area (TPSA) is 108 Å². The minimum atomic E-state index is -1.13. The average Bonchev–Trinajstić information content (AvgIpc) is 2.91. The van der Waals surface area contributed by atoms with Gasteiger partial charge in [-0.1, -0.05) is 12.1 Å². The number of carbonyl (C=O) groups is 1. The molecule has 0 radical (unpaired) electrons. The number of esters is 1. The third-order valence-corrected chi connectivity index (χ3v) is 3.81. The lowest BCUT2D eigenvalue weighted by molar-refractivity contribution is -0.146. The molecule has 2 atom stereocenters. The Balaban J connectivity index is 2.58. The first-order valence-electron chi connectivity index (χ1n) is 7.50. The molecule has 0 aliphatic rings. The Hall–Kier alpha value is -3.01. The van der Waals surface area contributed by atoms with Gasteiger partial charge in [0, 0.05) is 17.2 Å². The van der Waals surface area contributed by atoms with Crippen molar-refractivity contribution >= 4 is 5.97 Å². The molecule has 126 valence electrons. The maximum atomic E-state index is 12.2. The van der Waals surface area contributed by atoms with E-state index in [0.29, 0.717) is 22.6 Å². The first-order chi connectivity index (χ1) is 11.5. The van der Waals surface area contributed by atoms with E-state index in [1.165, 1.54) is 0 Å². The molecule has 24 heavy (non-hydrogen) atoms. The lowest BCUT2D eigenvalue weighted by Crippen LogP contribution is -2.27. The largest absolute Gasteiger partial charge is 0.497 e. The number of aromatic amines is 2. The number of hydrogen-bond acceptors (Lipinski definition) is 5. The normalized spacial score (nSPS) is 12.9. The van der Waals surface area contributed by atoms with Crippen LogP contribution >= 0.6 is 0 Å². The van der Waals surface area contributed by atoms with Crippen LogP contribution in [0.25, 0.3) is 0 Å². The molecule has 0 saturated heterocycles. The highest BCUT2D eigenvalue weighted by atomic mass is 16.5. The van der Waals surface area contributed by atoms with Gasteiger partial charge in [-0.3, -0.25) is 14.7 Å². The number of carbonyl (C=O) groups excluding carboxylic acids is 1. The van der Waals surface area contributed by atoms with Gasteiger partial charge >= 0.3 is 5.97 Å². The molecule has 7 nitrogen and oxygen atoms in total. The Labute approximate surface area is 139 Å². The summed E-state index contributed by atoms with van der Waals surface area (Å²) in [6.07, 6.45) is 0. The van der Waals surface area contributed by atoms with Crippen molar-refractivity contribution in [3.05, 3.63) is 51.4 Å². The quantitative estimate of drug-likeness (QED) is 0.786. The van der Waals surface area contributed by atoms with Crippen molar-refractivity contribution in [3.8, 4) is 11.8 Å². The molecule has 1 aromatic heterocycles. The van der Waals surface area contributed by atoms with Crippen LogP contribution in [0.3, 0.4) is 0 Å². The second kappa shape index (κ2) is 7.51. The number of aryl methyl sites for hydroxylation is 1. The van der Waals surface area contributed by atoms with E-state index < -0.39 is 17.8 Å². The Bertz CT molecular complexity index is 798. The molecule has 0 saturated carbocycles. The van der Waals surface area contributed by atoms with E-state index in [2.05, 4.69) is 10.2 Å². The summed E-state index contributed by atoms with van der Waals surface area (Å²) in [4.78, 5) is 24.4. The molecular formula is C17H19N3O4. The van der Waals surface area contributed by atoms with Crippen molar-refractivity contribution < 1.29 is 14.3 Å². The highest BCUT2D eigenvalue weighted by molar-refractivity contribution is 5.77. The summed E-state index contributed by atoms with van der Waals surface area (Å²) in [6.45, 7) is 3.54. The van der Waals surface area contributed by atoms with E-state index in [1.54, 1.807) is 45.2 Å². The highest BCUT2D eigenvalue weighted by Crippen LogP contribution is 2.33. The van der Waals surface area contributed by atoms with Crippen LogP contribution in [0.15, 0.2) is 29.1 Å². The summed E-state index contributed by atoms with van der Waals surface area (Å²) >= 11 is 0. The first-order valence-corrected chi connectivity index (χ1v) is 7.50. The van der Waals surface area contributed by atoms with Crippen molar-refractivity contribution in [3.63, 3.8) is 0 Å². The molecule has 1 heterocycles. The van der Waals surface area contributed by atoms with Crippen molar-refractivity contribution in [2.24, 2.45) is 5.92 Å². The summed E-state index contributed by atoms with van der Waals surface area (Å²) in [7, 11) is 1.55. The maximum Gasteiger partial charge on any atom is 0.324 e. The van der Waals surface area contributed by atoms with Gasteiger partial charge in [-0.15, -0.1) is 0 Å². The second-order valence-corrected chi connectivity index (χ2v) is 5.23. The number of H-pyrrole nitrogens is 2. The van der Waals surface area contributed by atoms with Crippen LogP contribution < -0.4 is 10.3 Å². The molecule has 2 aromatic rings. The Kier molecular flexibility index (Phi) is 5.42. The fraction of sp³-hybridized carbons (Fsp3) is 0.353. The molecule has 0 aliphatic heterocycles. The number of benzene rings is 1. The molecule has 0 bridgehead atoms. The molecule has 0 spiro atoms. The Morgan fingerprint density at radius 3 is 2.42 bits per heavy atom. The van der Waals surface area contributed by atoms with Crippen LogP contribution in [-0.4, -0.2) is 29.9 Å². The number of nitrogens with zero attached hydrogens (tertiary/aromatic N) is 1. The van der Waals surface area contributed by atoms with E-state index in [9.17, 15) is 14.9 Å². The van der Waals surface area contributed by atoms with Crippen molar-refractivity contribution in [1.82, 2.24) is 10.2 Å². The molecule has 1 aromatic carbocycles. The van der Waals surface area contributed by atoms with E-state index in [-0.39, 0.29) is 12.2 Å². The monoisotopic (exact) mass is 329 g/mol. The minimum Gasteiger partial charge on any atom is -0.497 e. The first kappa shape index (κ1) is 17.3. The van der Waals surface area contributed by atoms with Gasteiger partial charge in [-0.05, 0) is 31.5 Å². The van der Waals surface area contributed by atoms with E-state index in [0.717, 1.165) is 0 Å². The minimum absolute atomic E-state index is 0.162. The summed E-state index contributed by atoms with van der Waals surface area (Å²) in [5, 5.41) is 14.8. The smallest absolute Gasteiger partial charge is 0.324 e. The van der Waals surface area contributed by atoms with Crippen LogP contribution in [0.4, 0.5) is 0 Å². The zero-order chi connectivity index (χ0) is 17.7. The van der Waals surface area contributed by atoms with E-state index in [4.69, 9.17) is 9.47 Å². The molecule has 0 fully saturated rings. The molecule has 0 amide bonds. The molecule has 0 aliphatic carbocycles. The van der Waals surface area contributed by atoms with Gasteiger partial charge in [0.15, 0.2) is 5.92 Å². The molecule has 2 rings (SSSR count). The van der Waals surface area contributed by atoms with Crippen molar-refractivity contribution in [2.75, 3.05) is 13.7 Å². The lowest BCUT2D eigenvalue weighted by atomic mass is 9.81. The van der Waals surface area contributed by atoms with Gasteiger partial charge in [-0.25, -0.2) is 0 Å². The zero-order valence-corrected chi connectivity index (χ0v) is 13.8. The molecule has 7 heteroatoms. The third-order valence-electron chi connectivity index (χ3n) is 3.81. The SMILES string of the molecule is CCOC(=O)[C@@H](C#N)[C@H](c1ccc(OC)cc1)c1c(C)[nH][nH]c1=O. The number of nitrogens with one attached hydrogen (secondary N) is 2. The van der Waals surface area contributed by atoms with Crippen molar-refractivity contribution in [2.45, 2.75) is 19.8 Å². The van der Waals surface area contributed by atoms with Gasteiger partial charge in [0.25, 0.3) is 5.56 Å². The van der Waals surface area contributed by atoms with Gasteiger partial charge in [0.2, 0.25) is 0 Å². The van der Waals surface area contributed by atoms with Crippen LogP contribution in [0.1, 0.15) is 29.7 Å². The summed E-state index contributed by atoms with van der Waals surface area (Å²) in [5.41, 5.74) is 1.21. The van der Waals surface area contributed by atoms with Gasteiger partial charge < -0.3 is 14.6 Å². The van der Waals surface area contributed by atoms with Crippen molar-refractivity contribution in [1.29, 1.82) is 5.26 Å². The number of aromatic nitrogens is 2. The number of hydrogen-bond donors (Lipinski definition) is 2. The number of ether oxygens (including phenoxy) is 2. The summed E-state index contributed by atoms with van der Waals surface area (Å²) in [6, 6.07) is 8.89. The number of methoxy groups -OCH3 is 1. The zero-order valence-electron chi connectivity index (χ0n) is 13.8. The summed E-state index contributed by atoms with van der Waals surface area (Å²) < 4.78 is 10.1. The number of nitriles is 1. The average molecular weight is 329 g/mol. The van der Waals surface area contributed by atoms with Crippen LogP contribution in [0.2, 0.25) is 0 Å². The van der Waals surface area contributed by atoms with Gasteiger partial charge in [-0.2, -0.15) is 5.26 Å².